The standard InChI is InChI=1S/C16H18N2OS2/c1-2-20-13-9-5-3-7-11(13)15(19)18-16-17-12-8-4-6-10-14(12)21-16/h3,5,7,9H,2,4,6,8,10H2,1H3,(H,17,18,19). The number of nitrogens with one attached hydrogen (secondary N) is 1. The quantitative estimate of drug-likeness (QED) is 0.850. The molecule has 0 bridgehead atoms. The second kappa shape index (κ2) is 6.62. The van der Waals surface area contributed by atoms with Crippen molar-refractivity contribution in [2.75, 3.05) is 11.1 Å². The number of carbonyl (C=O) groups excluding carboxylic acids is 1. The lowest BCUT2D eigenvalue weighted by molar-refractivity contribution is 0.102. The maximum atomic E-state index is 12.5. The fourth-order valence-corrected chi connectivity index (χ4v) is 4.35. The molecule has 3 rings (SSSR count). The van der Waals surface area contributed by atoms with Crippen molar-refractivity contribution in [1.82, 2.24) is 4.98 Å². The molecule has 1 aromatic heterocycles. The number of amides is 1. The number of benzene rings is 1. The summed E-state index contributed by atoms with van der Waals surface area (Å²) >= 11 is 3.32. The molecule has 0 aliphatic heterocycles. The average molecular weight is 318 g/mol. The summed E-state index contributed by atoms with van der Waals surface area (Å²) in [6.07, 6.45) is 4.59. The molecule has 0 atom stereocenters. The van der Waals surface area contributed by atoms with Crippen molar-refractivity contribution in [1.29, 1.82) is 0 Å². The number of carbonyl (C=O) groups is 1. The molecule has 0 saturated carbocycles. The number of anilines is 1. The van der Waals surface area contributed by atoms with E-state index in [9.17, 15) is 4.79 Å². The number of hydrogen-bond acceptors (Lipinski definition) is 4. The molecule has 3 nitrogen and oxygen atoms in total. The first-order valence-corrected chi connectivity index (χ1v) is 9.10. The molecule has 1 aliphatic carbocycles. The van der Waals surface area contributed by atoms with Gasteiger partial charge in [0.15, 0.2) is 5.13 Å². The summed E-state index contributed by atoms with van der Waals surface area (Å²) in [6, 6.07) is 7.75. The Bertz CT molecular complexity index is 628. The summed E-state index contributed by atoms with van der Waals surface area (Å²) in [4.78, 5) is 19.4. The molecule has 1 aliphatic rings. The van der Waals surface area contributed by atoms with Gasteiger partial charge in [-0.15, -0.1) is 23.1 Å². The average Bonchev–Trinajstić information content (AvgIpc) is 2.90. The van der Waals surface area contributed by atoms with Gasteiger partial charge in [0.25, 0.3) is 5.91 Å². The molecule has 110 valence electrons. The van der Waals surface area contributed by atoms with Crippen LogP contribution in [0.25, 0.3) is 0 Å². The van der Waals surface area contributed by atoms with Crippen LogP contribution in [0.15, 0.2) is 29.2 Å². The second-order valence-corrected chi connectivity index (χ2v) is 7.37. The van der Waals surface area contributed by atoms with Gasteiger partial charge in [-0.2, -0.15) is 0 Å². The van der Waals surface area contributed by atoms with Crippen LogP contribution in [0.4, 0.5) is 5.13 Å². The molecular formula is C16H18N2OS2. The number of aromatic nitrogens is 1. The van der Waals surface area contributed by atoms with E-state index in [0.29, 0.717) is 0 Å². The SMILES string of the molecule is CCSc1ccccc1C(=O)Nc1nc2c(s1)CCCC2. The summed E-state index contributed by atoms with van der Waals surface area (Å²) in [5.41, 5.74) is 1.91. The summed E-state index contributed by atoms with van der Waals surface area (Å²) < 4.78 is 0. The van der Waals surface area contributed by atoms with Crippen LogP contribution >= 0.6 is 23.1 Å². The Labute approximate surface area is 133 Å². The molecular weight excluding hydrogens is 300 g/mol. The van der Waals surface area contributed by atoms with Crippen molar-refractivity contribution in [3.8, 4) is 0 Å². The molecule has 0 saturated heterocycles. The topological polar surface area (TPSA) is 42.0 Å². The first kappa shape index (κ1) is 14.6. The number of hydrogen-bond donors (Lipinski definition) is 1. The van der Waals surface area contributed by atoms with Crippen molar-refractivity contribution in [3.05, 3.63) is 40.4 Å². The van der Waals surface area contributed by atoms with Crippen LogP contribution in [-0.2, 0) is 12.8 Å². The third-order valence-corrected chi connectivity index (χ3v) is 5.53. The largest absolute Gasteiger partial charge is 0.298 e. The molecule has 1 N–H and O–H groups in total. The lowest BCUT2D eigenvalue weighted by atomic mass is 10.0. The normalized spacial score (nSPS) is 13.8. The smallest absolute Gasteiger partial charge is 0.258 e. The van der Waals surface area contributed by atoms with Gasteiger partial charge in [0.1, 0.15) is 0 Å². The third kappa shape index (κ3) is 3.30. The molecule has 2 aromatic rings. The molecule has 0 spiro atoms. The van der Waals surface area contributed by atoms with Gasteiger partial charge in [0, 0.05) is 9.77 Å². The zero-order chi connectivity index (χ0) is 14.7. The highest BCUT2D eigenvalue weighted by atomic mass is 32.2. The van der Waals surface area contributed by atoms with Crippen LogP contribution in [0.5, 0.6) is 0 Å². The van der Waals surface area contributed by atoms with Crippen LogP contribution in [0.2, 0.25) is 0 Å². The first-order valence-electron chi connectivity index (χ1n) is 7.29. The molecule has 0 radical (unpaired) electrons. The lowest BCUT2D eigenvalue weighted by Gasteiger charge is -2.07. The molecule has 5 heteroatoms. The van der Waals surface area contributed by atoms with Gasteiger partial charge in [-0.3, -0.25) is 10.1 Å². The predicted molar refractivity (Wildman–Crippen MR) is 89.5 cm³/mol. The maximum absolute atomic E-state index is 12.5. The molecule has 1 aromatic carbocycles. The number of fused-ring (bicyclic) bond motifs is 1. The zero-order valence-electron chi connectivity index (χ0n) is 12.0. The predicted octanol–water partition coefficient (Wildman–Crippen LogP) is 4.39. The Hall–Kier alpha value is -1.33. The fourth-order valence-electron chi connectivity index (χ4n) is 2.51. The van der Waals surface area contributed by atoms with E-state index in [1.165, 1.54) is 23.4 Å². The number of aryl methyl sites for hydroxylation is 2. The van der Waals surface area contributed by atoms with Gasteiger partial charge in [-0.25, -0.2) is 4.98 Å². The summed E-state index contributed by atoms with van der Waals surface area (Å²) in [7, 11) is 0. The lowest BCUT2D eigenvalue weighted by Crippen LogP contribution is -2.12. The van der Waals surface area contributed by atoms with Crippen molar-refractivity contribution in [2.24, 2.45) is 0 Å². The minimum Gasteiger partial charge on any atom is -0.298 e. The van der Waals surface area contributed by atoms with Gasteiger partial charge in [0.05, 0.1) is 11.3 Å². The van der Waals surface area contributed by atoms with Crippen LogP contribution in [0.1, 0.15) is 40.7 Å². The highest BCUT2D eigenvalue weighted by Crippen LogP contribution is 2.30. The Kier molecular flexibility index (Phi) is 4.60. The highest BCUT2D eigenvalue weighted by molar-refractivity contribution is 7.99. The van der Waals surface area contributed by atoms with Gasteiger partial charge in [-0.05, 0) is 43.6 Å². The Morgan fingerprint density at radius 1 is 1.33 bits per heavy atom. The summed E-state index contributed by atoms with van der Waals surface area (Å²) in [6.45, 7) is 2.09. The van der Waals surface area contributed by atoms with E-state index in [-0.39, 0.29) is 5.91 Å². The highest BCUT2D eigenvalue weighted by Gasteiger charge is 2.18. The van der Waals surface area contributed by atoms with E-state index >= 15 is 0 Å². The van der Waals surface area contributed by atoms with Crippen LogP contribution in [0, 0.1) is 0 Å². The number of nitrogens with zero attached hydrogens (tertiary/aromatic N) is 1. The van der Waals surface area contributed by atoms with Crippen LogP contribution in [0.3, 0.4) is 0 Å². The van der Waals surface area contributed by atoms with Gasteiger partial charge in [0.2, 0.25) is 0 Å². The van der Waals surface area contributed by atoms with Crippen LogP contribution in [-0.4, -0.2) is 16.6 Å². The molecule has 1 amide bonds. The van der Waals surface area contributed by atoms with Gasteiger partial charge >= 0.3 is 0 Å². The Balaban J connectivity index is 1.78. The van der Waals surface area contributed by atoms with Gasteiger partial charge in [-0.1, -0.05) is 19.1 Å². The molecule has 21 heavy (non-hydrogen) atoms. The second-order valence-electron chi connectivity index (χ2n) is 4.98. The van der Waals surface area contributed by atoms with E-state index in [0.717, 1.165) is 34.2 Å². The minimum atomic E-state index is -0.0577. The molecule has 0 unspecified atom stereocenters. The molecule has 1 heterocycles. The zero-order valence-corrected chi connectivity index (χ0v) is 13.6. The molecule has 0 fully saturated rings. The van der Waals surface area contributed by atoms with E-state index in [2.05, 4.69) is 17.2 Å². The number of rotatable bonds is 4. The Morgan fingerprint density at radius 3 is 2.95 bits per heavy atom. The summed E-state index contributed by atoms with van der Waals surface area (Å²) in [5, 5.41) is 3.71. The van der Waals surface area contributed by atoms with Crippen molar-refractivity contribution in [3.63, 3.8) is 0 Å². The maximum Gasteiger partial charge on any atom is 0.258 e. The van der Waals surface area contributed by atoms with E-state index in [1.807, 2.05) is 24.3 Å². The minimum absolute atomic E-state index is 0.0577. The van der Waals surface area contributed by atoms with Crippen molar-refractivity contribution in [2.45, 2.75) is 37.5 Å². The van der Waals surface area contributed by atoms with E-state index < -0.39 is 0 Å². The summed E-state index contributed by atoms with van der Waals surface area (Å²) in [5.74, 6) is 0.896. The fraction of sp³-hybridized carbons (Fsp3) is 0.375. The Morgan fingerprint density at radius 2 is 2.14 bits per heavy atom. The van der Waals surface area contributed by atoms with E-state index in [1.54, 1.807) is 23.1 Å². The first-order chi connectivity index (χ1) is 10.3. The monoisotopic (exact) mass is 318 g/mol. The van der Waals surface area contributed by atoms with E-state index in [4.69, 9.17) is 0 Å². The number of thioether (sulfide) groups is 1. The van der Waals surface area contributed by atoms with Gasteiger partial charge < -0.3 is 0 Å². The van der Waals surface area contributed by atoms with Crippen molar-refractivity contribution < 1.29 is 4.79 Å². The van der Waals surface area contributed by atoms with Crippen molar-refractivity contribution >= 4 is 34.1 Å². The third-order valence-electron chi connectivity index (χ3n) is 3.50. The van der Waals surface area contributed by atoms with Crippen LogP contribution < -0.4 is 5.32 Å². The number of thiazole rings is 1.